The average Bonchev–Trinajstić information content (AvgIpc) is 3.20. The number of aryl methyl sites for hydroxylation is 1. The van der Waals surface area contributed by atoms with E-state index in [9.17, 15) is 30.1 Å². The first-order valence-electron chi connectivity index (χ1n) is 8.91. The number of nitriles is 1. The van der Waals surface area contributed by atoms with E-state index >= 15 is 0 Å². The molecule has 0 aliphatic rings. The summed E-state index contributed by atoms with van der Waals surface area (Å²) in [7, 11) is 0. The fraction of sp³-hybridized carbons (Fsp3) is 0.0455. The fourth-order valence-electron chi connectivity index (χ4n) is 2.87. The highest BCUT2D eigenvalue weighted by Gasteiger charge is 2.16. The summed E-state index contributed by atoms with van der Waals surface area (Å²) in [6.45, 7) is 1.70. The second-order valence-electron chi connectivity index (χ2n) is 6.43. The van der Waals surface area contributed by atoms with Crippen LogP contribution in [0.1, 0.15) is 21.7 Å². The van der Waals surface area contributed by atoms with Gasteiger partial charge in [0.15, 0.2) is 0 Å². The van der Waals surface area contributed by atoms with E-state index in [1.54, 1.807) is 37.3 Å². The predicted molar refractivity (Wildman–Crippen MR) is 111 cm³/mol. The monoisotopic (exact) mass is 417 g/mol. The quantitative estimate of drug-likeness (QED) is 0.261. The minimum Gasteiger partial charge on any atom is -0.478 e. The number of hydrogen-bond donors (Lipinski definition) is 2. The van der Waals surface area contributed by atoms with Crippen molar-refractivity contribution in [3.05, 3.63) is 87.2 Å². The van der Waals surface area contributed by atoms with Crippen molar-refractivity contribution in [2.24, 2.45) is 0 Å². The van der Waals surface area contributed by atoms with Crippen molar-refractivity contribution in [2.75, 3.05) is 5.32 Å². The standard InChI is InChI=1S/C22H15N3O6/c1-13-10-15(25(29)30)6-8-17(13)20-9-7-16(31-20)11-14(12-23)21(26)24-19-5-3-2-4-18(19)22(27)28/h2-11H,1H3,(H,24,26)(H,27,28)/b14-11+. The minimum absolute atomic E-state index is 0.0435. The highest BCUT2D eigenvalue weighted by molar-refractivity contribution is 6.11. The average molecular weight is 417 g/mol. The third-order valence-corrected chi connectivity index (χ3v) is 4.37. The van der Waals surface area contributed by atoms with Crippen molar-refractivity contribution in [1.29, 1.82) is 5.26 Å². The number of nitro groups is 1. The first-order valence-corrected chi connectivity index (χ1v) is 8.91. The van der Waals surface area contributed by atoms with Crippen LogP contribution in [-0.2, 0) is 4.79 Å². The second kappa shape index (κ2) is 8.75. The number of nitrogens with zero attached hydrogens (tertiary/aromatic N) is 2. The van der Waals surface area contributed by atoms with Crippen LogP contribution >= 0.6 is 0 Å². The summed E-state index contributed by atoms with van der Waals surface area (Å²) in [5.74, 6) is -1.38. The Bertz CT molecular complexity index is 1270. The highest BCUT2D eigenvalue weighted by Crippen LogP contribution is 2.29. The highest BCUT2D eigenvalue weighted by atomic mass is 16.6. The molecule has 0 spiro atoms. The lowest BCUT2D eigenvalue weighted by atomic mass is 10.1. The zero-order chi connectivity index (χ0) is 22.5. The minimum atomic E-state index is -1.22. The van der Waals surface area contributed by atoms with Gasteiger partial charge >= 0.3 is 5.97 Å². The maximum atomic E-state index is 12.5. The molecule has 0 bridgehead atoms. The molecule has 1 heterocycles. The fourth-order valence-corrected chi connectivity index (χ4v) is 2.87. The summed E-state index contributed by atoms with van der Waals surface area (Å²) < 4.78 is 5.67. The van der Waals surface area contributed by atoms with Crippen LogP contribution in [0, 0.1) is 28.4 Å². The zero-order valence-corrected chi connectivity index (χ0v) is 16.2. The summed E-state index contributed by atoms with van der Waals surface area (Å²) >= 11 is 0. The van der Waals surface area contributed by atoms with Gasteiger partial charge in [-0.2, -0.15) is 5.26 Å². The summed E-state index contributed by atoms with van der Waals surface area (Å²) in [5.41, 5.74) is 0.871. The van der Waals surface area contributed by atoms with E-state index in [2.05, 4.69) is 5.32 Å². The summed E-state index contributed by atoms with van der Waals surface area (Å²) in [6.07, 6.45) is 1.23. The van der Waals surface area contributed by atoms with Gasteiger partial charge < -0.3 is 14.8 Å². The Balaban J connectivity index is 1.85. The molecule has 154 valence electrons. The molecule has 3 rings (SSSR count). The number of anilines is 1. The molecular formula is C22H15N3O6. The Morgan fingerprint density at radius 2 is 1.94 bits per heavy atom. The number of aromatic carboxylic acids is 1. The van der Waals surface area contributed by atoms with Gasteiger partial charge in [0.05, 0.1) is 16.2 Å². The molecule has 3 aromatic rings. The first-order chi connectivity index (χ1) is 14.8. The van der Waals surface area contributed by atoms with Crippen LogP contribution in [0.5, 0.6) is 0 Å². The Kier molecular flexibility index (Phi) is 5.93. The Morgan fingerprint density at radius 3 is 2.58 bits per heavy atom. The van der Waals surface area contributed by atoms with E-state index in [1.165, 1.54) is 36.4 Å². The lowest BCUT2D eigenvalue weighted by Gasteiger charge is -2.07. The number of benzene rings is 2. The maximum Gasteiger partial charge on any atom is 0.337 e. The van der Waals surface area contributed by atoms with E-state index < -0.39 is 16.8 Å². The van der Waals surface area contributed by atoms with Crippen LogP contribution < -0.4 is 5.32 Å². The van der Waals surface area contributed by atoms with E-state index in [1.807, 2.05) is 0 Å². The number of nitro benzene ring substituents is 1. The number of non-ortho nitro benzene ring substituents is 1. The SMILES string of the molecule is Cc1cc([N+](=O)[O-])ccc1-c1ccc(/C=C(\C#N)C(=O)Nc2ccccc2C(=O)O)o1. The van der Waals surface area contributed by atoms with Crippen molar-refractivity contribution in [1.82, 2.24) is 0 Å². The number of rotatable bonds is 6. The molecule has 1 amide bonds. The zero-order valence-electron chi connectivity index (χ0n) is 16.2. The molecule has 31 heavy (non-hydrogen) atoms. The number of carboxylic acid groups (broad SMARTS) is 1. The van der Waals surface area contributed by atoms with Gasteiger partial charge in [-0.15, -0.1) is 0 Å². The summed E-state index contributed by atoms with van der Waals surface area (Å²) in [6, 6.07) is 15.1. The molecule has 9 heteroatoms. The normalized spacial score (nSPS) is 10.9. The van der Waals surface area contributed by atoms with Gasteiger partial charge in [0.25, 0.3) is 11.6 Å². The first kappa shape index (κ1) is 21.0. The van der Waals surface area contributed by atoms with Gasteiger partial charge in [-0.25, -0.2) is 4.79 Å². The van der Waals surface area contributed by atoms with Crippen molar-refractivity contribution in [3.63, 3.8) is 0 Å². The Labute approximate surface area is 176 Å². The molecule has 0 unspecified atom stereocenters. The number of carbonyl (C=O) groups excluding carboxylic acids is 1. The van der Waals surface area contributed by atoms with Gasteiger partial charge in [-0.05, 0) is 42.8 Å². The van der Waals surface area contributed by atoms with Gasteiger partial charge in [0, 0.05) is 23.8 Å². The third kappa shape index (κ3) is 4.65. The van der Waals surface area contributed by atoms with Gasteiger partial charge in [0.2, 0.25) is 0 Å². The number of para-hydroxylation sites is 1. The molecule has 1 aromatic heterocycles. The molecule has 0 radical (unpaired) electrons. The Hall–Kier alpha value is -4.71. The number of hydrogen-bond acceptors (Lipinski definition) is 6. The molecule has 0 saturated heterocycles. The third-order valence-electron chi connectivity index (χ3n) is 4.37. The van der Waals surface area contributed by atoms with Crippen LogP contribution in [0.3, 0.4) is 0 Å². The van der Waals surface area contributed by atoms with Crippen LogP contribution in [-0.4, -0.2) is 21.9 Å². The largest absolute Gasteiger partial charge is 0.478 e. The number of carbonyl (C=O) groups is 2. The van der Waals surface area contributed by atoms with Crippen molar-refractivity contribution in [2.45, 2.75) is 6.92 Å². The van der Waals surface area contributed by atoms with Gasteiger partial charge in [-0.1, -0.05) is 12.1 Å². The molecule has 0 aliphatic heterocycles. The van der Waals surface area contributed by atoms with Crippen LogP contribution in [0.15, 0.2) is 64.6 Å². The summed E-state index contributed by atoms with van der Waals surface area (Å²) in [4.78, 5) is 34.1. The van der Waals surface area contributed by atoms with Crippen molar-refractivity contribution >= 4 is 29.3 Å². The number of furan rings is 1. The lowest BCUT2D eigenvalue weighted by Crippen LogP contribution is -2.16. The smallest absolute Gasteiger partial charge is 0.337 e. The van der Waals surface area contributed by atoms with Crippen molar-refractivity contribution < 1.29 is 24.0 Å². The van der Waals surface area contributed by atoms with Crippen LogP contribution in [0.2, 0.25) is 0 Å². The van der Waals surface area contributed by atoms with Crippen molar-refractivity contribution in [3.8, 4) is 17.4 Å². The number of amides is 1. The van der Waals surface area contributed by atoms with E-state index in [-0.39, 0.29) is 28.3 Å². The lowest BCUT2D eigenvalue weighted by molar-refractivity contribution is -0.384. The predicted octanol–water partition coefficient (Wildman–Crippen LogP) is 4.41. The molecule has 2 aromatic carbocycles. The van der Waals surface area contributed by atoms with Crippen LogP contribution in [0.4, 0.5) is 11.4 Å². The number of carboxylic acids is 1. The summed E-state index contributed by atoms with van der Waals surface area (Å²) in [5, 5.41) is 31.9. The topological polar surface area (TPSA) is 146 Å². The van der Waals surface area contributed by atoms with E-state index in [0.29, 0.717) is 16.9 Å². The molecular weight excluding hydrogens is 402 g/mol. The van der Waals surface area contributed by atoms with Gasteiger partial charge in [0.1, 0.15) is 23.2 Å². The van der Waals surface area contributed by atoms with Crippen LogP contribution in [0.25, 0.3) is 17.4 Å². The molecule has 9 nitrogen and oxygen atoms in total. The molecule has 0 saturated carbocycles. The van der Waals surface area contributed by atoms with E-state index in [0.717, 1.165) is 0 Å². The molecule has 0 fully saturated rings. The molecule has 0 aliphatic carbocycles. The molecule has 2 N–H and O–H groups in total. The van der Waals surface area contributed by atoms with E-state index in [4.69, 9.17) is 4.42 Å². The molecule has 0 atom stereocenters. The maximum absolute atomic E-state index is 12.5. The second-order valence-corrected chi connectivity index (χ2v) is 6.43. The Morgan fingerprint density at radius 1 is 1.19 bits per heavy atom. The number of nitrogens with one attached hydrogen (secondary N) is 1. The van der Waals surface area contributed by atoms with Gasteiger partial charge in [-0.3, -0.25) is 14.9 Å².